The molecule has 3 N–H and O–H groups in total. The van der Waals surface area contributed by atoms with E-state index in [1.54, 1.807) is 12.1 Å². The van der Waals surface area contributed by atoms with Crippen molar-refractivity contribution in [1.29, 1.82) is 0 Å². The molecule has 2 aromatic rings. The number of carbonyl (C=O) groups excluding carboxylic acids is 2. The largest absolute Gasteiger partial charge is 0.497 e. The summed E-state index contributed by atoms with van der Waals surface area (Å²) in [4.78, 5) is 25.5. The fraction of sp³-hybridized carbons (Fsp3) is 0.462. The molecule has 2 amide bonds. The van der Waals surface area contributed by atoms with E-state index in [0.29, 0.717) is 51.0 Å². The topological polar surface area (TPSA) is 97.9 Å². The lowest BCUT2D eigenvalue weighted by molar-refractivity contribution is -0.138. The van der Waals surface area contributed by atoms with Crippen LogP contribution in [0.4, 0.5) is 13.2 Å². The zero-order chi connectivity index (χ0) is 26.9. The van der Waals surface area contributed by atoms with Crippen molar-refractivity contribution in [2.24, 2.45) is 0 Å². The Hall–Kier alpha value is -3.31. The van der Waals surface area contributed by atoms with Crippen LogP contribution in [-0.2, 0) is 27.0 Å². The van der Waals surface area contributed by atoms with Crippen molar-refractivity contribution >= 4 is 11.8 Å². The van der Waals surface area contributed by atoms with Crippen LogP contribution >= 0.6 is 0 Å². The summed E-state index contributed by atoms with van der Waals surface area (Å²) in [5, 5.41) is 8.76. The molecule has 0 radical (unpaired) electrons. The van der Waals surface area contributed by atoms with E-state index >= 15 is 0 Å². The van der Waals surface area contributed by atoms with E-state index < -0.39 is 17.3 Å². The predicted molar refractivity (Wildman–Crippen MR) is 130 cm³/mol. The van der Waals surface area contributed by atoms with Crippen molar-refractivity contribution < 1.29 is 37.0 Å². The minimum absolute atomic E-state index is 0.0715. The van der Waals surface area contributed by atoms with E-state index in [-0.39, 0.29) is 35.6 Å². The number of amides is 2. The van der Waals surface area contributed by atoms with Crippen LogP contribution in [0.1, 0.15) is 36.8 Å². The Morgan fingerprint density at radius 3 is 2.35 bits per heavy atom. The van der Waals surface area contributed by atoms with Gasteiger partial charge in [0.15, 0.2) is 0 Å². The third-order valence-electron chi connectivity index (χ3n) is 6.09. The molecule has 0 atom stereocenters. The Labute approximate surface area is 213 Å². The monoisotopic (exact) mass is 523 g/mol. The van der Waals surface area contributed by atoms with E-state index in [9.17, 15) is 22.8 Å². The van der Waals surface area contributed by atoms with Gasteiger partial charge in [-0.1, -0.05) is 12.1 Å². The van der Waals surface area contributed by atoms with Gasteiger partial charge in [0.1, 0.15) is 28.4 Å². The second-order valence-electron chi connectivity index (χ2n) is 8.74. The lowest BCUT2D eigenvalue weighted by Gasteiger charge is -2.36. The van der Waals surface area contributed by atoms with Crippen LogP contribution in [0, 0.1) is 0 Å². The van der Waals surface area contributed by atoms with Gasteiger partial charge in [-0.2, -0.15) is 13.2 Å². The van der Waals surface area contributed by atoms with Gasteiger partial charge in [0, 0.05) is 39.0 Å². The molecule has 0 bridgehead atoms. The molecule has 0 aromatic heterocycles. The molecule has 0 spiro atoms. The highest BCUT2D eigenvalue weighted by Crippen LogP contribution is 2.40. The molecule has 0 saturated carbocycles. The minimum Gasteiger partial charge on any atom is -0.497 e. The van der Waals surface area contributed by atoms with Gasteiger partial charge in [-0.3, -0.25) is 9.59 Å². The summed E-state index contributed by atoms with van der Waals surface area (Å²) in [6, 6.07) is 9.83. The van der Waals surface area contributed by atoms with Crippen molar-refractivity contribution in [3.63, 3.8) is 0 Å². The van der Waals surface area contributed by atoms with E-state index in [1.165, 1.54) is 31.4 Å². The molecule has 202 valence electrons. The summed E-state index contributed by atoms with van der Waals surface area (Å²) >= 11 is 0. The maximum absolute atomic E-state index is 13.4. The SMILES string of the molecule is CNCCCC(=O)NC1(C(=O)NCc2ccc(Oc3ccc(OC)cc3C(F)(F)F)cc2)CCOCC1. The first-order chi connectivity index (χ1) is 17.7. The van der Waals surface area contributed by atoms with E-state index in [1.807, 2.05) is 7.05 Å². The van der Waals surface area contributed by atoms with Gasteiger partial charge >= 0.3 is 6.18 Å². The second kappa shape index (κ2) is 12.8. The van der Waals surface area contributed by atoms with Crippen molar-refractivity contribution in [2.75, 3.05) is 33.9 Å². The smallest absolute Gasteiger partial charge is 0.420 e. The van der Waals surface area contributed by atoms with Gasteiger partial charge in [-0.15, -0.1) is 0 Å². The molecule has 0 aliphatic carbocycles. The number of ether oxygens (including phenoxy) is 3. The number of hydrogen-bond donors (Lipinski definition) is 3. The van der Waals surface area contributed by atoms with Crippen LogP contribution in [0.3, 0.4) is 0 Å². The predicted octanol–water partition coefficient (Wildman–Crippen LogP) is 3.79. The number of benzene rings is 2. The van der Waals surface area contributed by atoms with Crippen molar-refractivity contribution in [3.8, 4) is 17.2 Å². The lowest BCUT2D eigenvalue weighted by Crippen LogP contribution is -2.61. The van der Waals surface area contributed by atoms with Crippen LogP contribution in [0.25, 0.3) is 0 Å². The number of alkyl halides is 3. The first-order valence-corrected chi connectivity index (χ1v) is 12.0. The van der Waals surface area contributed by atoms with Crippen molar-refractivity contribution in [1.82, 2.24) is 16.0 Å². The molecule has 1 aliphatic heterocycles. The molecular weight excluding hydrogens is 491 g/mol. The van der Waals surface area contributed by atoms with Gasteiger partial charge in [0.2, 0.25) is 11.8 Å². The highest BCUT2D eigenvalue weighted by atomic mass is 19.4. The lowest BCUT2D eigenvalue weighted by atomic mass is 9.88. The molecule has 1 fully saturated rings. The van der Waals surface area contributed by atoms with E-state index in [2.05, 4.69) is 16.0 Å². The summed E-state index contributed by atoms with van der Waals surface area (Å²) in [5.41, 5.74) is -1.27. The summed E-state index contributed by atoms with van der Waals surface area (Å²) in [5.74, 6) is -0.555. The Bertz CT molecular complexity index is 1050. The minimum atomic E-state index is -4.61. The standard InChI is InChI=1S/C26H32F3N3O5/c1-30-13-3-4-23(33)32-25(11-14-36-15-12-25)24(34)31-17-18-5-7-19(8-6-18)37-22-10-9-20(35-2)16-21(22)26(27,28)29/h5-10,16,30H,3-4,11-15,17H2,1-2H3,(H,31,34)(H,32,33). The van der Waals surface area contributed by atoms with Gasteiger partial charge in [-0.25, -0.2) is 0 Å². The maximum atomic E-state index is 13.4. The van der Waals surface area contributed by atoms with Gasteiger partial charge in [-0.05, 0) is 55.9 Å². The molecule has 3 rings (SSSR count). The van der Waals surface area contributed by atoms with Crippen molar-refractivity contribution in [3.05, 3.63) is 53.6 Å². The third kappa shape index (κ3) is 7.83. The Balaban J connectivity index is 1.63. The van der Waals surface area contributed by atoms with Gasteiger partial charge < -0.3 is 30.2 Å². The zero-order valence-corrected chi connectivity index (χ0v) is 20.9. The first-order valence-electron chi connectivity index (χ1n) is 12.0. The normalized spacial score (nSPS) is 15.1. The molecule has 0 unspecified atom stereocenters. The number of nitrogens with one attached hydrogen (secondary N) is 3. The fourth-order valence-electron chi connectivity index (χ4n) is 3.98. The second-order valence-corrected chi connectivity index (χ2v) is 8.74. The van der Waals surface area contributed by atoms with Gasteiger partial charge in [0.25, 0.3) is 0 Å². The van der Waals surface area contributed by atoms with Crippen LogP contribution in [0.15, 0.2) is 42.5 Å². The van der Waals surface area contributed by atoms with E-state index in [4.69, 9.17) is 14.2 Å². The van der Waals surface area contributed by atoms with E-state index in [0.717, 1.165) is 6.07 Å². The Kier molecular flexibility index (Phi) is 9.76. The number of halogens is 3. The van der Waals surface area contributed by atoms with Crippen LogP contribution < -0.4 is 25.4 Å². The molecule has 37 heavy (non-hydrogen) atoms. The fourth-order valence-corrected chi connectivity index (χ4v) is 3.98. The maximum Gasteiger partial charge on any atom is 0.420 e. The summed E-state index contributed by atoms with van der Waals surface area (Å²) in [6.07, 6.45) is -2.91. The summed E-state index contributed by atoms with van der Waals surface area (Å²) in [7, 11) is 3.10. The molecule has 2 aromatic carbocycles. The molecule has 1 heterocycles. The highest BCUT2D eigenvalue weighted by molar-refractivity contribution is 5.91. The number of hydrogen-bond acceptors (Lipinski definition) is 6. The number of carbonyl (C=O) groups is 2. The average Bonchev–Trinajstić information content (AvgIpc) is 2.88. The number of rotatable bonds is 11. The Morgan fingerprint density at radius 1 is 1.05 bits per heavy atom. The molecule has 8 nitrogen and oxygen atoms in total. The quantitative estimate of drug-likeness (QED) is 0.388. The van der Waals surface area contributed by atoms with Crippen LogP contribution in [0.5, 0.6) is 17.2 Å². The molecule has 1 aliphatic rings. The van der Waals surface area contributed by atoms with Crippen molar-refractivity contribution in [2.45, 2.75) is 43.9 Å². The van der Waals surface area contributed by atoms with Crippen LogP contribution in [-0.4, -0.2) is 51.3 Å². The van der Waals surface area contributed by atoms with Crippen LogP contribution in [0.2, 0.25) is 0 Å². The molecule has 11 heteroatoms. The molecular formula is C26H32F3N3O5. The number of methoxy groups -OCH3 is 1. The first kappa shape index (κ1) is 28.3. The third-order valence-corrected chi connectivity index (χ3v) is 6.09. The highest BCUT2D eigenvalue weighted by Gasteiger charge is 2.41. The molecule has 1 saturated heterocycles. The zero-order valence-electron chi connectivity index (χ0n) is 20.9. The average molecular weight is 524 g/mol. The summed E-state index contributed by atoms with van der Waals surface area (Å²) in [6.45, 7) is 1.60. The summed E-state index contributed by atoms with van der Waals surface area (Å²) < 4.78 is 56.1. The Morgan fingerprint density at radius 2 is 1.73 bits per heavy atom. The van der Waals surface area contributed by atoms with Gasteiger partial charge in [0.05, 0.1) is 7.11 Å².